The summed E-state index contributed by atoms with van der Waals surface area (Å²) in [5.74, 6) is 0.805. The second-order valence-electron chi connectivity index (χ2n) is 4.49. The third-order valence-electron chi connectivity index (χ3n) is 2.87. The van der Waals surface area contributed by atoms with Crippen LogP contribution >= 0.6 is 11.6 Å². The number of rotatable bonds is 2. The van der Waals surface area contributed by atoms with Gasteiger partial charge >= 0.3 is 0 Å². The van der Waals surface area contributed by atoms with Crippen molar-refractivity contribution in [2.75, 3.05) is 11.9 Å². The Hall–Kier alpha value is -1.61. The molecule has 94 valence electrons. The molecule has 0 fully saturated rings. The van der Waals surface area contributed by atoms with E-state index >= 15 is 0 Å². The molecule has 0 radical (unpaired) electrons. The number of hydrogen-bond donors (Lipinski definition) is 0. The number of nitrogens with zero attached hydrogens (tertiary/aromatic N) is 3. The first-order valence-corrected chi connectivity index (χ1v) is 6.17. The second kappa shape index (κ2) is 4.94. The molecule has 0 bridgehead atoms. The van der Waals surface area contributed by atoms with Crippen molar-refractivity contribution in [2.45, 2.75) is 20.8 Å². The van der Waals surface area contributed by atoms with Crippen molar-refractivity contribution in [3.8, 4) is 0 Å². The minimum atomic E-state index is 0.279. The van der Waals surface area contributed by atoms with E-state index < -0.39 is 0 Å². The number of benzene rings is 1. The average Bonchev–Trinajstić information content (AvgIpc) is 2.26. The topological polar surface area (TPSA) is 29.0 Å². The Balaban J connectivity index is 2.44. The van der Waals surface area contributed by atoms with Crippen LogP contribution in [-0.4, -0.2) is 17.0 Å². The quantitative estimate of drug-likeness (QED) is 0.770. The van der Waals surface area contributed by atoms with Gasteiger partial charge in [-0.3, -0.25) is 0 Å². The molecule has 0 unspecified atom stereocenters. The molecule has 1 aromatic heterocycles. The van der Waals surface area contributed by atoms with Crippen LogP contribution in [0.15, 0.2) is 24.3 Å². The highest BCUT2D eigenvalue weighted by molar-refractivity contribution is 6.28. The summed E-state index contributed by atoms with van der Waals surface area (Å²) in [6.45, 7) is 6.09. The summed E-state index contributed by atoms with van der Waals surface area (Å²) in [5.41, 5.74) is 4.45. The number of aromatic nitrogens is 2. The van der Waals surface area contributed by atoms with Crippen LogP contribution in [0.25, 0.3) is 0 Å². The van der Waals surface area contributed by atoms with Crippen molar-refractivity contribution in [1.82, 2.24) is 9.97 Å². The summed E-state index contributed by atoms with van der Waals surface area (Å²) >= 11 is 5.90. The minimum absolute atomic E-state index is 0.279. The summed E-state index contributed by atoms with van der Waals surface area (Å²) in [6, 6.07) is 8.26. The van der Waals surface area contributed by atoms with Gasteiger partial charge < -0.3 is 4.90 Å². The SMILES string of the molecule is Cc1ccc(N(C)c2cc(C)nc(Cl)n2)c(C)c1. The van der Waals surface area contributed by atoms with Gasteiger partial charge in [-0.25, -0.2) is 9.97 Å². The maximum absolute atomic E-state index is 5.90. The standard InChI is InChI=1S/C14H16ClN3/c1-9-5-6-12(10(2)7-9)18(4)13-8-11(3)16-14(15)17-13/h5-8H,1-4H3. The molecule has 2 rings (SSSR count). The van der Waals surface area contributed by atoms with E-state index in [2.05, 4.69) is 42.0 Å². The Morgan fingerprint density at radius 3 is 2.39 bits per heavy atom. The van der Waals surface area contributed by atoms with Crippen molar-refractivity contribution in [3.05, 3.63) is 46.4 Å². The lowest BCUT2D eigenvalue weighted by Crippen LogP contribution is -2.13. The molecule has 0 spiro atoms. The number of aryl methyl sites for hydroxylation is 3. The lowest BCUT2D eigenvalue weighted by atomic mass is 10.1. The van der Waals surface area contributed by atoms with Crippen LogP contribution in [0.5, 0.6) is 0 Å². The molecule has 0 aliphatic rings. The third kappa shape index (κ3) is 2.62. The maximum Gasteiger partial charge on any atom is 0.224 e. The Morgan fingerprint density at radius 1 is 1.06 bits per heavy atom. The first kappa shape index (κ1) is 12.8. The predicted molar refractivity (Wildman–Crippen MR) is 75.8 cm³/mol. The van der Waals surface area contributed by atoms with E-state index in [1.54, 1.807) is 0 Å². The molecule has 1 aromatic carbocycles. The highest BCUT2D eigenvalue weighted by Crippen LogP contribution is 2.26. The molecule has 3 nitrogen and oxygen atoms in total. The molecule has 0 saturated carbocycles. The molecule has 0 aliphatic carbocycles. The third-order valence-corrected chi connectivity index (χ3v) is 3.04. The van der Waals surface area contributed by atoms with Gasteiger partial charge in [-0.2, -0.15) is 0 Å². The fraction of sp³-hybridized carbons (Fsp3) is 0.286. The molecule has 1 heterocycles. The van der Waals surface area contributed by atoms with E-state index in [-0.39, 0.29) is 5.28 Å². The van der Waals surface area contributed by atoms with E-state index in [0.717, 1.165) is 17.2 Å². The normalized spacial score (nSPS) is 10.5. The number of halogens is 1. The van der Waals surface area contributed by atoms with Crippen molar-refractivity contribution in [1.29, 1.82) is 0 Å². The summed E-state index contributed by atoms with van der Waals surface area (Å²) < 4.78 is 0. The molecule has 0 amide bonds. The first-order valence-electron chi connectivity index (χ1n) is 5.79. The van der Waals surface area contributed by atoms with Crippen LogP contribution in [0.1, 0.15) is 16.8 Å². The Morgan fingerprint density at radius 2 is 1.78 bits per heavy atom. The van der Waals surface area contributed by atoms with Crippen LogP contribution in [0.2, 0.25) is 5.28 Å². The zero-order valence-corrected chi connectivity index (χ0v) is 11.8. The van der Waals surface area contributed by atoms with Crippen molar-refractivity contribution < 1.29 is 0 Å². The molecule has 2 aromatic rings. The molecule has 0 atom stereocenters. The molecule has 0 aliphatic heterocycles. The highest BCUT2D eigenvalue weighted by atomic mass is 35.5. The molecule has 4 heteroatoms. The zero-order chi connectivity index (χ0) is 13.3. The Kier molecular flexibility index (Phi) is 3.53. The van der Waals surface area contributed by atoms with Gasteiger partial charge in [0.2, 0.25) is 5.28 Å². The predicted octanol–water partition coefficient (Wildman–Crippen LogP) is 3.82. The Labute approximate surface area is 112 Å². The van der Waals surface area contributed by atoms with Gasteiger partial charge in [0.25, 0.3) is 0 Å². The van der Waals surface area contributed by atoms with Crippen LogP contribution in [0.3, 0.4) is 0 Å². The van der Waals surface area contributed by atoms with Gasteiger partial charge in [0.1, 0.15) is 5.82 Å². The van der Waals surface area contributed by atoms with E-state index in [9.17, 15) is 0 Å². The van der Waals surface area contributed by atoms with E-state index in [4.69, 9.17) is 11.6 Å². The van der Waals surface area contributed by atoms with Crippen LogP contribution < -0.4 is 4.90 Å². The van der Waals surface area contributed by atoms with Crippen LogP contribution in [-0.2, 0) is 0 Å². The average molecular weight is 262 g/mol. The van der Waals surface area contributed by atoms with Gasteiger partial charge in [-0.1, -0.05) is 17.7 Å². The van der Waals surface area contributed by atoms with Crippen molar-refractivity contribution in [3.63, 3.8) is 0 Å². The molecule has 0 N–H and O–H groups in total. The largest absolute Gasteiger partial charge is 0.329 e. The fourth-order valence-corrected chi connectivity index (χ4v) is 2.21. The molecular weight excluding hydrogens is 246 g/mol. The van der Waals surface area contributed by atoms with Gasteiger partial charge in [0, 0.05) is 24.5 Å². The number of hydrogen-bond acceptors (Lipinski definition) is 3. The van der Waals surface area contributed by atoms with E-state index in [0.29, 0.717) is 0 Å². The van der Waals surface area contributed by atoms with E-state index in [1.165, 1.54) is 11.1 Å². The molecule has 0 saturated heterocycles. The maximum atomic E-state index is 5.90. The second-order valence-corrected chi connectivity index (χ2v) is 4.82. The Bertz CT molecular complexity index is 561. The molecule has 18 heavy (non-hydrogen) atoms. The van der Waals surface area contributed by atoms with Crippen LogP contribution in [0.4, 0.5) is 11.5 Å². The highest BCUT2D eigenvalue weighted by Gasteiger charge is 2.10. The summed E-state index contributed by atoms with van der Waals surface area (Å²) in [7, 11) is 1.98. The lowest BCUT2D eigenvalue weighted by Gasteiger charge is -2.21. The molecular formula is C14H16ClN3. The fourth-order valence-electron chi connectivity index (χ4n) is 1.99. The first-order chi connectivity index (χ1) is 8.47. The van der Waals surface area contributed by atoms with Gasteiger partial charge in [-0.05, 0) is 44.0 Å². The van der Waals surface area contributed by atoms with Crippen molar-refractivity contribution >= 4 is 23.1 Å². The lowest BCUT2D eigenvalue weighted by molar-refractivity contribution is 1.04. The van der Waals surface area contributed by atoms with E-state index in [1.807, 2.05) is 24.9 Å². The van der Waals surface area contributed by atoms with Gasteiger partial charge in [0.05, 0.1) is 0 Å². The van der Waals surface area contributed by atoms with Crippen molar-refractivity contribution in [2.24, 2.45) is 0 Å². The number of anilines is 2. The summed E-state index contributed by atoms with van der Waals surface area (Å²) in [6.07, 6.45) is 0. The van der Waals surface area contributed by atoms with Crippen LogP contribution in [0, 0.1) is 20.8 Å². The van der Waals surface area contributed by atoms with Gasteiger partial charge in [-0.15, -0.1) is 0 Å². The zero-order valence-electron chi connectivity index (χ0n) is 11.0. The summed E-state index contributed by atoms with van der Waals surface area (Å²) in [5, 5.41) is 0.279. The smallest absolute Gasteiger partial charge is 0.224 e. The minimum Gasteiger partial charge on any atom is -0.329 e. The van der Waals surface area contributed by atoms with Gasteiger partial charge in [0.15, 0.2) is 0 Å². The summed E-state index contributed by atoms with van der Waals surface area (Å²) in [4.78, 5) is 10.4. The monoisotopic (exact) mass is 261 g/mol.